The number of piperidine rings is 1. The first-order chi connectivity index (χ1) is 8.97. The van der Waals surface area contributed by atoms with E-state index in [1.807, 2.05) is 6.92 Å². The Labute approximate surface area is 119 Å². The van der Waals surface area contributed by atoms with E-state index in [0.29, 0.717) is 5.01 Å². The Morgan fingerprint density at radius 3 is 2.37 bits per heavy atom. The molecule has 1 saturated heterocycles. The van der Waals surface area contributed by atoms with Crippen molar-refractivity contribution in [2.24, 2.45) is 0 Å². The van der Waals surface area contributed by atoms with Crippen LogP contribution in [0.4, 0.5) is 0 Å². The van der Waals surface area contributed by atoms with Crippen LogP contribution in [0.1, 0.15) is 54.0 Å². The average molecular weight is 278 g/mol. The molecule has 2 heterocycles. The second-order valence-corrected chi connectivity index (χ2v) is 6.55. The van der Waals surface area contributed by atoms with E-state index in [1.54, 1.807) is 23.8 Å². The molecule has 1 aliphatic heterocycles. The summed E-state index contributed by atoms with van der Waals surface area (Å²) in [5.74, 6) is 0.0739. The van der Waals surface area contributed by atoms with E-state index in [2.05, 4.69) is 23.7 Å². The fourth-order valence-corrected chi connectivity index (χ4v) is 3.41. The van der Waals surface area contributed by atoms with E-state index < -0.39 is 0 Å². The van der Waals surface area contributed by atoms with Crippen LogP contribution in [0, 0.1) is 6.92 Å². The molecule has 1 aromatic rings. The highest BCUT2D eigenvalue weighted by atomic mass is 32.1. The molecule has 1 aromatic heterocycles. The van der Waals surface area contributed by atoms with Crippen LogP contribution >= 0.6 is 11.3 Å². The molecule has 0 saturated carbocycles. The van der Waals surface area contributed by atoms with Crippen molar-refractivity contribution < 1.29 is 4.79 Å². The third-order valence-corrected chi connectivity index (χ3v) is 4.97. The molecule has 104 valence electrons. The first-order valence-electron chi connectivity index (χ1n) is 6.82. The quantitative estimate of drug-likeness (QED) is 0.626. The summed E-state index contributed by atoms with van der Waals surface area (Å²) in [6, 6.07) is 0. The van der Waals surface area contributed by atoms with E-state index in [4.69, 9.17) is 0 Å². The molecular weight excluding hydrogens is 256 g/mol. The summed E-state index contributed by atoms with van der Waals surface area (Å²) in [6.07, 6.45) is 2.36. The predicted octanol–water partition coefficient (Wildman–Crippen LogP) is 3.59. The predicted molar refractivity (Wildman–Crippen MR) is 79.7 cm³/mol. The Balaban J connectivity index is 1.99. The van der Waals surface area contributed by atoms with Crippen LogP contribution in [0.2, 0.25) is 0 Å². The highest BCUT2D eigenvalue weighted by molar-refractivity contribution is 7.13. The lowest BCUT2D eigenvalue weighted by Crippen LogP contribution is -2.30. The number of likely N-dealkylation sites (tertiary alicyclic amines) is 1. The maximum Gasteiger partial charge on any atom is 0.188 e. The molecule has 0 N–H and O–H groups in total. The highest BCUT2D eigenvalue weighted by Crippen LogP contribution is 2.24. The summed E-state index contributed by atoms with van der Waals surface area (Å²) < 4.78 is 0. The fourth-order valence-electron chi connectivity index (χ4n) is 2.41. The number of aryl methyl sites for hydroxylation is 1. The lowest BCUT2D eigenvalue weighted by atomic mass is 9.99. The van der Waals surface area contributed by atoms with Crippen LogP contribution in [-0.4, -0.2) is 28.8 Å². The second kappa shape index (κ2) is 5.97. The molecule has 0 unspecified atom stereocenters. The van der Waals surface area contributed by atoms with Crippen molar-refractivity contribution in [2.75, 3.05) is 13.1 Å². The number of carbonyl (C=O) groups excluding carboxylic acids is 1. The Morgan fingerprint density at radius 2 is 1.89 bits per heavy atom. The molecule has 2 rings (SSSR count). The zero-order valence-electron chi connectivity index (χ0n) is 12.2. The number of rotatable bonds is 3. The maximum atomic E-state index is 11.3. The van der Waals surface area contributed by atoms with E-state index >= 15 is 0 Å². The van der Waals surface area contributed by atoms with Gasteiger partial charge in [0, 0.05) is 31.4 Å². The highest BCUT2D eigenvalue weighted by Gasteiger charge is 2.18. The minimum atomic E-state index is 0.0739. The van der Waals surface area contributed by atoms with Crippen LogP contribution in [0.3, 0.4) is 0 Å². The van der Waals surface area contributed by atoms with Crippen molar-refractivity contribution in [3.8, 4) is 0 Å². The van der Waals surface area contributed by atoms with Gasteiger partial charge in [-0.1, -0.05) is 11.1 Å². The van der Waals surface area contributed by atoms with Gasteiger partial charge in [0.1, 0.15) is 0 Å². The maximum absolute atomic E-state index is 11.3. The van der Waals surface area contributed by atoms with Gasteiger partial charge in [0.05, 0.1) is 5.69 Å². The summed E-state index contributed by atoms with van der Waals surface area (Å²) in [5, 5.41) is 0.648. The molecule has 1 aliphatic rings. The first-order valence-corrected chi connectivity index (χ1v) is 7.64. The fraction of sp³-hybridized carbons (Fsp3) is 0.600. The SMILES string of the molecule is CC(=O)c1nc(C)c(CN2CCC(=C(C)C)CC2)s1. The zero-order chi connectivity index (χ0) is 14.0. The summed E-state index contributed by atoms with van der Waals surface area (Å²) >= 11 is 1.55. The molecule has 0 radical (unpaired) electrons. The van der Waals surface area contributed by atoms with Crippen molar-refractivity contribution in [1.29, 1.82) is 0 Å². The average Bonchev–Trinajstić information content (AvgIpc) is 2.72. The van der Waals surface area contributed by atoms with Crippen LogP contribution in [-0.2, 0) is 6.54 Å². The smallest absolute Gasteiger partial charge is 0.188 e. The summed E-state index contributed by atoms with van der Waals surface area (Å²) in [5.41, 5.74) is 4.11. The molecule has 1 fully saturated rings. The van der Waals surface area contributed by atoms with Gasteiger partial charge in [-0.25, -0.2) is 4.98 Å². The van der Waals surface area contributed by atoms with Crippen molar-refractivity contribution in [1.82, 2.24) is 9.88 Å². The summed E-state index contributed by atoms with van der Waals surface area (Å²) in [4.78, 5) is 19.4. The van der Waals surface area contributed by atoms with E-state index in [9.17, 15) is 4.79 Å². The standard InChI is InChI=1S/C15H22N2OS/c1-10(2)13-5-7-17(8-6-13)9-14-11(3)16-15(19-14)12(4)18/h5-9H2,1-4H3. The van der Waals surface area contributed by atoms with Gasteiger partial charge in [-0.15, -0.1) is 11.3 Å². The van der Waals surface area contributed by atoms with Gasteiger partial charge in [-0.05, 0) is 33.6 Å². The molecule has 19 heavy (non-hydrogen) atoms. The van der Waals surface area contributed by atoms with E-state index in [0.717, 1.165) is 25.3 Å². The van der Waals surface area contributed by atoms with Crippen LogP contribution < -0.4 is 0 Å². The lowest BCUT2D eigenvalue weighted by Gasteiger charge is -2.28. The molecule has 4 heteroatoms. The molecule has 0 aromatic carbocycles. The van der Waals surface area contributed by atoms with Gasteiger partial charge >= 0.3 is 0 Å². The Morgan fingerprint density at radius 1 is 1.26 bits per heavy atom. The lowest BCUT2D eigenvalue weighted by molar-refractivity contribution is 0.101. The molecule has 3 nitrogen and oxygen atoms in total. The first kappa shape index (κ1) is 14.4. The number of hydrogen-bond acceptors (Lipinski definition) is 4. The van der Waals surface area contributed by atoms with Crippen LogP contribution in [0.25, 0.3) is 0 Å². The van der Waals surface area contributed by atoms with Gasteiger partial charge in [0.15, 0.2) is 10.8 Å². The monoisotopic (exact) mass is 278 g/mol. The van der Waals surface area contributed by atoms with E-state index in [1.165, 1.54) is 23.3 Å². The number of aromatic nitrogens is 1. The topological polar surface area (TPSA) is 33.2 Å². The van der Waals surface area contributed by atoms with Gasteiger partial charge in [0.2, 0.25) is 0 Å². The largest absolute Gasteiger partial charge is 0.298 e. The number of Topliss-reactive ketones (excluding diaryl/α,β-unsaturated/α-hetero) is 1. The summed E-state index contributed by atoms with van der Waals surface area (Å²) in [7, 11) is 0. The van der Waals surface area contributed by atoms with Gasteiger partial charge in [-0.3, -0.25) is 9.69 Å². The Bertz CT molecular complexity index is 502. The number of allylic oxidation sites excluding steroid dienone is 1. The summed E-state index contributed by atoms with van der Waals surface area (Å²) in [6.45, 7) is 11.2. The normalized spacial score (nSPS) is 16.7. The molecule has 0 spiro atoms. The minimum Gasteiger partial charge on any atom is -0.298 e. The second-order valence-electron chi connectivity index (χ2n) is 5.46. The van der Waals surface area contributed by atoms with Crippen molar-refractivity contribution >= 4 is 17.1 Å². The zero-order valence-corrected chi connectivity index (χ0v) is 13.1. The molecule has 0 aliphatic carbocycles. The number of carbonyl (C=O) groups is 1. The van der Waals surface area contributed by atoms with Gasteiger partial charge in [-0.2, -0.15) is 0 Å². The molecular formula is C15H22N2OS. The third kappa shape index (κ3) is 3.51. The molecule has 0 atom stereocenters. The number of thiazole rings is 1. The Kier molecular flexibility index (Phi) is 4.53. The number of ketones is 1. The number of hydrogen-bond donors (Lipinski definition) is 0. The van der Waals surface area contributed by atoms with Crippen molar-refractivity contribution in [3.05, 3.63) is 26.7 Å². The van der Waals surface area contributed by atoms with E-state index in [-0.39, 0.29) is 5.78 Å². The Hall–Kier alpha value is -1.00. The van der Waals surface area contributed by atoms with Crippen molar-refractivity contribution in [2.45, 2.75) is 47.1 Å². The van der Waals surface area contributed by atoms with Crippen LogP contribution in [0.15, 0.2) is 11.1 Å². The minimum absolute atomic E-state index is 0.0739. The van der Waals surface area contributed by atoms with Gasteiger partial charge < -0.3 is 0 Å². The van der Waals surface area contributed by atoms with Crippen LogP contribution in [0.5, 0.6) is 0 Å². The van der Waals surface area contributed by atoms with Gasteiger partial charge in [0.25, 0.3) is 0 Å². The molecule has 0 amide bonds. The van der Waals surface area contributed by atoms with Crippen molar-refractivity contribution in [3.63, 3.8) is 0 Å². The molecule has 0 bridgehead atoms. The number of nitrogens with zero attached hydrogens (tertiary/aromatic N) is 2. The third-order valence-electron chi connectivity index (χ3n) is 3.73.